The maximum atomic E-state index is 11.4. The number of rotatable bonds is 5. The Kier molecular flexibility index (Phi) is 6.32. The summed E-state index contributed by atoms with van der Waals surface area (Å²) in [5, 5.41) is 12.8. The first-order chi connectivity index (χ1) is 17.5. The monoisotopic (exact) mass is 500 g/mol. The summed E-state index contributed by atoms with van der Waals surface area (Å²) in [5.41, 5.74) is 6.83. The zero-order chi connectivity index (χ0) is 25.2. The van der Waals surface area contributed by atoms with Crippen LogP contribution in [0.3, 0.4) is 0 Å². The van der Waals surface area contributed by atoms with E-state index in [0.717, 1.165) is 52.3 Å². The zero-order valence-corrected chi connectivity index (χ0v) is 20.5. The van der Waals surface area contributed by atoms with Gasteiger partial charge in [-0.25, -0.2) is 9.78 Å². The topological polar surface area (TPSA) is 104 Å². The summed E-state index contributed by atoms with van der Waals surface area (Å²) in [6.45, 7) is 0. The predicted octanol–water partition coefficient (Wildman–Crippen LogP) is 4.87. The number of nitriles is 1. The van der Waals surface area contributed by atoms with E-state index < -0.39 is 6.09 Å². The van der Waals surface area contributed by atoms with Crippen LogP contribution in [-0.4, -0.2) is 30.3 Å². The number of ether oxygens (including phenoxy) is 1. The van der Waals surface area contributed by atoms with Gasteiger partial charge in [-0.1, -0.05) is 23.7 Å². The molecule has 0 fully saturated rings. The van der Waals surface area contributed by atoms with E-state index in [-0.39, 0.29) is 5.92 Å². The van der Waals surface area contributed by atoms with Crippen molar-refractivity contribution in [1.82, 2.24) is 9.97 Å². The molecule has 4 aromatic rings. The highest BCUT2D eigenvalue weighted by atomic mass is 35.5. The van der Waals surface area contributed by atoms with Crippen LogP contribution in [0.25, 0.3) is 22.4 Å². The van der Waals surface area contributed by atoms with Gasteiger partial charge in [-0.3, -0.25) is 10.2 Å². The molecule has 1 amide bonds. The maximum Gasteiger partial charge on any atom is 0.411 e. The van der Waals surface area contributed by atoms with E-state index >= 15 is 0 Å². The second kappa shape index (κ2) is 9.72. The Morgan fingerprint density at radius 1 is 1.19 bits per heavy atom. The number of nitrogens with zero attached hydrogens (tertiary/aromatic N) is 3. The van der Waals surface area contributed by atoms with E-state index in [0.29, 0.717) is 16.3 Å². The van der Waals surface area contributed by atoms with Crippen LogP contribution >= 0.6 is 11.6 Å². The van der Waals surface area contributed by atoms with Gasteiger partial charge in [0.25, 0.3) is 0 Å². The predicted molar refractivity (Wildman–Crippen MR) is 135 cm³/mol. The molecule has 0 aliphatic heterocycles. The summed E-state index contributed by atoms with van der Waals surface area (Å²) >= 11 is 6.22. The molecule has 180 valence electrons. The number of hydrogen-bond donors (Lipinski definition) is 2. The molecule has 2 aromatic heterocycles. The van der Waals surface area contributed by atoms with Crippen molar-refractivity contribution in [3.05, 3.63) is 88.6 Å². The summed E-state index contributed by atoms with van der Waals surface area (Å²) in [7, 11) is 2.95. The minimum atomic E-state index is -0.514. The van der Waals surface area contributed by atoms with Crippen molar-refractivity contribution in [1.29, 1.82) is 5.26 Å². The smallest absolute Gasteiger partial charge is 0.411 e. The Morgan fingerprint density at radius 3 is 2.72 bits per heavy atom. The summed E-state index contributed by atoms with van der Waals surface area (Å²) in [6, 6.07) is 17.0. The van der Waals surface area contributed by atoms with Crippen molar-refractivity contribution in [2.45, 2.75) is 18.8 Å². The van der Waals surface area contributed by atoms with E-state index in [1.807, 2.05) is 36.7 Å². The highest BCUT2D eigenvalue weighted by Gasteiger charge is 2.37. The standard InChI is InChI=1S/C27H22ClN5O3/c1-35-27(34)31-21-8-4-16(5-9-21)24-14-30-26(32-24)22-10-6-17-11-19(15-33(36-2)25(17)22)23-12-20(28)7-3-18(23)13-29/h3-5,7-9,11-12,14-15,22H,6,10H2,1-2H3,(H-,30,31,32,34)/p+1/t22-/m1/s1. The lowest BCUT2D eigenvalue weighted by Crippen LogP contribution is -2.45. The van der Waals surface area contributed by atoms with Gasteiger partial charge in [-0.15, -0.1) is 0 Å². The molecule has 0 spiro atoms. The number of amides is 1. The number of aromatic amines is 1. The number of pyridine rings is 1. The normalized spacial score (nSPS) is 14.1. The molecule has 2 heterocycles. The van der Waals surface area contributed by atoms with Crippen LogP contribution in [0.1, 0.15) is 35.0 Å². The lowest BCUT2D eigenvalue weighted by Gasteiger charge is -2.09. The first-order valence-corrected chi connectivity index (χ1v) is 11.7. The van der Waals surface area contributed by atoms with Gasteiger partial charge in [0.05, 0.1) is 36.2 Å². The number of carbonyl (C=O) groups excluding carboxylic acids is 1. The van der Waals surface area contributed by atoms with Gasteiger partial charge in [0, 0.05) is 26.6 Å². The third kappa shape index (κ3) is 4.37. The van der Waals surface area contributed by atoms with Crippen molar-refractivity contribution in [3.63, 3.8) is 0 Å². The number of anilines is 1. The average Bonchev–Trinajstić information content (AvgIpc) is 3.56. The van der Waals surface area contributed by atoms with Crippen LogP contribution in [0.2, 0.25) is 5.02 Å². The minimum Gasteiger partial charge on any atom is -0.453 e. The van der Waals surface area contributed by atoms with Crippen molar-refractivity contribution >= 4 is 23.4 Å². The highest BCUT2D eigenvalue weighted by Crippen LogP contribution is 2.37. The second-order valence-electron chi connectivity index (χ2n) is 8.42. The molecule has 0 saturated carbocycles. The molecule has 2 N–H and O–H groups in total. The Labute approximate surface area is 213 Å². The molecule has 2 aromatic carbocycles. The van der Waals surface area contributed by atoms with Crippen molar-refractivity contribution in [3.8, 4) is 28.5 Å². The molecular weight excluding hydrogens is 478 g/mol. The fraction of sp³-hybridized carbons (Fsp3) is 0.185. The molecular formula is C27H23ClN5O3+. The second-order valence-corrected chi connectivity index (χ2v) is 8.85. The van der Waals surface area contributed by atoms with Crippen LogP contribution in [0, 0.1) is 11.3 Å². The number of halogens is 1. The number of hydrogen-bond acceptors (Lipinski definition) is 5. The largest absolute Gasteiger partial charge is 0.453 e. The number of aryl methyl sites for hydroxylation is 1. The number of benzene rings is 2. The van der Waals surface area contributed by atoms with Gasteiger partial charge in [0.1, 0.15) is 18.9 Å². The third-order valence-corrected chi connectivity index (χ3v) is 6.58. The number of imidazole rings is 1. The van der Waals surface area contributed by atoms with Crippen LogP contribution in [0.5, 0.6) is 0 Å². The molecule has 0 unspecified atom stereocenters. The molecule has 0 saturated heterocycles. The lowest BCUT2D eigenvalue weighted by molar-refractivity contribution is -0.890. The number of fused-ring (bicyclic) bond motifs is 1. The number of methoxy groups -OCH3 is 1. The van der Waals surface area contributed by atoms with Crippen molar-refractivity contribution < 1.29 is 19.1 Å². The number of aromatic nitrogens is 3. The quantitative estimate of drug-likeness (QED) is 0.380. The van der Waals surface area contributed by atoms with E-state index in [4.69, 9.17) is 16.4 Å². The van der Waals surface area contributed by atoms with Gasteiger partial charge < -0.3 is 9.72 Å². The molecule has 0 radical (unpaired) electrons. The van der Waals surface area contributed by atoms with Crippen molar-refractivity contribution in [2.24, 2.45) is 0 Å². The van der Waals surface area contributed by atoms with E-state index in [1.54, 1.807) is 30.0 Å². The van der Waals surface area contributed by atoms with Crippen LogP contribution in [-0.2, 0) is 11.2 Å². The summed E-state index contributed by atoms with van der Waals surface area (Å²) in [5.74, 6) is 0.873. The Balaban J connectivity index is 1.45. The first-order valence-electron chi connectivity index (χ1n) is 11.3. The van der Waals surface area contributed by atoms with E-state index in [9.17, 15) is 10.1 Å². The summed E-state index contributed by atoms with van der Waals surface area (Å²) in [4.78, 5) is 25.3. The van der Waals surface area contributed by atoms with Crippen LogP contribution in [0.4, 0.5) is 10.5 Å². The van der Waals surface area contributed by atoms with Gasteiger partial charge in [0.15, 0.2) is 0 Å². The van der Waals surface area contributed by atoms with E-state index in [1.165, 1.54) is 7.11 Å². The summed E-state index contributed by atoms with van der Waals surface area (Å²) in [6.07, 6.45) is 4.91. The maximum absolute atomic E-state index is 11.4. The fourth-order valence-corrected chi connectivity index (χ4v) is 4.80. The zero-order valence-electron chi connectivity index (χ0n) is 19.7. The Morgan fingerprint density at radius 2 is 2.00 bits per heavy atom. The molecule has 0 bridgehead atoms. The molecule has 8 nitrogen and oxygen atoms in total. The highest BCUT2D eigenvalue weighted by molar-refractivity contribution is 6.30. The number of H-pyrrole nitrogens is 1. The van der Waals surface area contributed by atoms with Crippen LogP contribution in [0.15, 0.2) is 60.9 Å². The Hall–Kier alpha value is -4.35. The number of carbonyl (C=O) groups is 1. The number of nitrogens with one attached hydrogen (secondary N) is 2. The first kappa shape index (κ1) is 23.4. The average molecular weight is 501 g/mol. The van der Waals surface area contributed by atoms with Crippen molar-refractivity contribution in [2.75, 3.05) is 19.5 Å². The molecule has 1 aliphatic carbocycles. The molecule has 9 heteroatoms. The third-order valence-electron chi connectivity index (χ3n) is 6.35. The van der Waals surface area contributed by atoms with Crippen LogP contribution < -0.4 is 14.9 Å². The summed E-state index contributed by atoms with van der Waals surface area (Å²) < 4.78 is 6.39. The molecule has 1 atom stereocenters. The van der Waals surface area contributed by atoms with Gasteiger partial charge in [-0.2, -0.15) is 5.26 Å². The van der Waals surface area contributed by atoms with Gasteiger partial charge >= 0.3 is 6.09 Å². The Bertz CT molecular complexity index is 1490. The minimum absolute atomic E-state index is 0.0258. The fourth-order valence-electron chi connectivity index (χ4n) is 4.63. The lowest BCUT2D eigenvalue weighted by atomic mass is 9.99. The van der Waals surface area contributed by atoms with Gasteiger partial charge in [0.2, 0.25) is 11.9 Å². The van der Waals surface area contributed by atoms with E-state index in [2.05, 4.69) is 32.2 Å². The molecule has 36 heavy (non-hydrogen) atoms. The van der Waals surface area contributed by atoms with Gasteiger partial charge in [-0.05, 0) is 54.8 Å². The molecule has 1 aliphatic rings. The SMILES string of the molecule is COC(=O)Nc1ccc(-c2cnc([C@@H]3CCc4cc(-c5cc(Cl)ccc5C#N)c[n+](OC)c43)[nH]2)cc1. The molecule has 5 rings (SSSR count).